The number of urea groups is 1. The Kier molecular flexibility index (Phi) is 5.28. The molecule has 0 aliphatic heterocycles. The minimum atomic E-state index is -0.911. The second-order valence-corrected chi connectivity index (χ2v) is 6.25. The molecule has 2 aromatic carbocycles. The molecule has 2 atom stereocenters. The lowest BCUT2D eigenvalue weighted by Gasteiger charge is -2.23. The van der Waals surface area contributed by atoms with Crippen LogP contribution in [0.1, 0.15) is 17.4 Å². The minimum absolute atomic E-state index is 0.235. The lowest BCUT2D eigenvalue weighted by molar-refractivity contribution is -0.916. The SMILES string of the molecule is C[NH+](Cc1nc2ccccc2c(=O)[nH]1)[C@H](C(=O)NC(N)=O)c1ccccc1. The zero-order valence-electron chi connectivity index (χ0n) is 14.7. The number of aromatic nitrogens is 2. The highest BCUT2D eigenvalue weighted by molar-refractivity contribution is 5.96. The van der Waals surface area contributed by atoms with Crippen LogP contribution in [-0.2, 0) is 11.3 Å². The number of primary amides is 1. The van der Waals surface area contributed by atoms with Crippen LogP contribution in [0.3, 0.4) is 0 Å². The number of nitrogens with two attached hydrogens (primary N) is 1. The summed E-state index contributed by atoms with van der Waals surface area (Å²) in [6, 6.07) is 14.5. The number of carbonyl (C=O) groups excluding carboxylic acids is 2. The Morgan fingerprint density at radius 1 is 1.15 bits per heavy atom. The van der Waals surface area contributed by atoms with Crippen LogP contribution in [0.15, 0.2) is 59.4 Å². The van der Waals surface area contributed by atoms with Gasteiger partial charge in [0, 0.05) is 5.56 Å². The van der Waals surface area contributed by atoms with E-state index in [9.17, 15) is 14.4 Å². The molecule has 0 bridgehead atoms. The van der Waals surface area contributed by atoms with Gasteiger partial charge in [-0.15, -0.1) is 0 Å². The van der Waals surface area contributed by atoms with Crippen molar-refractivity contribution in [3.63, 3.8) is 0 Å². The summed E-state index contributed by atoms with van der Waals surface area (Å²) >= 11 is 0. The third-order valence-electron chi connectivity index (χ3n) is 4.24. The van der Waals surface area contributed by atoms with Gasteiger partial charge in [-0.25, -0.2) is 9.78 Å². The number of carbonyl (C=O) groups is 2. The number of hydrogen-bond acceptors (Lipinski definition) is 4. The molecular weight excluding hydrogens is 346 g/mol. The smallest absolute Gasteiger partial charge is 0.319 e. The summed E-state index contributed by atoms with van der Waals surface area (Å²) in [5.74, 6) is -0.0710. The standard InChI is InChI=1S/C19H19N5O3/c1-24(11-15-21-14-10-6-5-9-13(14)17(25)22-15)16(18(26)23-19(20)27)12-7-3-2-4-8-12/h2-10,16H,11H2,1H3,(H,21,22,25)(H3,20,23,26,27)/p+1/t16-/m0/s1. The number of likely N-dealkylation sites (N-methyl/N-ethyl adjacent to an activating group) is 1. The van der Waals surface area contributed by atoms with Gasteiger partial charge < -0.3 is 15.6 Å². The quantitative estimate of drug-likeness (QED) is 0.502. The summed E-state index contributed by atoms with van der Waals surface area (Å²) in [4.78, 5) is 43.9. The fourth-order valence-electron chi connectivity index (χ4n) is 3.08. The number of benzene rings is 2. The van der Waals surface area contributed by atoms with Crippen molar-refractivity contribution in [1.82, 2.24) is 15.3 Å². The van der Waals surface area contributed by atoms with Crippen molar-refractivity contribution in [2.24, 2.45) is 5.73 Å². The fourth-order valence-corrected chi connectivity index (χ4v) is 3.08. The third-order valence-corrected chi connectivity index (χ3v) is 4.24. The molecule has 0 saturated heterocycles. The molecule has 0 fully saturated rings. The number of amides is 3. The van der Waals surface area contributed by atoms with Crippen molar-refractivity contribution < 1.29 is 14.5 Å². The molecule has 0 saturated carbocycles. The van der Waals surface area contributed by atoms with Crippen LogP contribution >= 0.6 is 0 Å². The van der Waals surface area contributed by atoms with Crippen molar-refractivity contribution in [3.8, 4) is 0 Å². The highest BCUT2D eigenvalue weighted by Crippen LogP contribution is 2.10. The minimum Gasteiger partial charge on any atom is -0.351 e. The summed E-state index contributed by atoms with van der Waals surface area (Å²) in [6.45, 7) is 0.270. The Bertz CT molecular complexity index is 1030. The average molecular weight is 366 g/mol. The van der Waals surface area contributed by atoms with Gasteiger partial charge in [0.15, 0.2) is 11.9 Å². The van der Waals surface area contributed by atoms with Crippen molar-refractivity contribution in [1.29, 1.82) is 0 Å². The molecule has 0 aliphatic rings. The van der Waals surface area contributed by atoms with Crippen LogP contribution in [0, 0.1) is 0 Å². The van der Waals surface area contributed by atoms with E-state index < -0.39 is 18.0 Å². The van der Waals surface area contributed by atoms with Gasteiger partial charge in [0.2, 0.25) is 0 Å². The van der Waals surface area contributed by atoms with Gasteiger partial charge in [-0.3, -0.25) is 14.9 Å². The molecule has 0 radical (unpaired) electrons. The normalized spacial score (nSPS) is 13.1. The number of aromatic amines is 1. The second kappa shape index (κ2) is 7.79. The second-order valence-electron chi connectivity index (χ2n) is 6.25. The number of quaternary nitrogens is 1. The molecule has 1 unspecified atom stereocenters. The Labute approximate surface area is 155 Å². The van der Waals surface area contributed by atoms with Crippen molar-refractivity contribution >= 4 is 22.8 Å². The summed E-state index contributed by atoms with van der Waals surface area (Å²) in [7, 11) is 1.79. The van der Waals surface area contributed by atoms with Crippen LogP contribution in [0.25, 0.3) is 10.9 Å². The van der Waals surface area contributed by atoms with Gasteiger partial charge in [-0.2, -0.15) is 0 Å². The van der Waals surface area contributed by atoms with Crippen LogP contribution in [-0.4, -0.2) is 29.0 Å². The monoisotopic (exact) mass is 366 g/mol. The summed E-state index contributed by atoms with van der Waals surface area (Å²) in [5.41, 5.74) is 6.17. The van der Waals surface area contributed by atoms with Crippen LogP contribution in [0.4, 0.5) is 4.79 Å². The lowest BCUT2D eigenvalue weighted by Crippen LogP contribution is -3.09. The molecule has 8 nitrogen and oxygen atoms in total. The first kappa shape index (κ1) is 18.3. The number of H-pyrrole nitrogens is 1. The Hall–Kier alpha value is -3.52. The van der Waals surface area contributed by atoms with E-state index >= 15 is 0 Å². The maximum Gasteiger partial charge on any atom is 0.319 e. The third kappa shape index (κ3) is 4.18. The van der Waals surface area contributed by atoms with Gasteiger partial charge in [-0.1, -0.05) is 42.5 Å². The predicted molar refractivity (Wildman–Crippen MR) is 99.9 cm³/mol. The van der Waals surface area contributed by atoms with Gasteiger partial charge in [0.25, 0.3) is 11.5 Å². The zero-order valence-corrected chi connectivity index (χ0v) is 14.7. The zero-order chi connectivity index (χ0) is 19.4. The Morgan fingerprint density at radius 2 is 1.81 bits per heavy atom. The van der Waals surface area contributed by atoms with E-state index in [4.69, 9.17) is 5.73 Å². The Balaban J connectivity index is 1.92. The molecule has 3 aromatic rings. The molecule has 0 spiro atoms. The summed E-state index contributed by atoms with van der Waals surface area (Å²) < 4.78 is 0. The van der Waals surface area contributed by atoms with E-state index in [2.05, 4.69) is 15.3 Å². The molecule has 0 aliphatic carbocycles. The van der Waals surface area contributed by atoms with Crippen molar-refractivity contribution in [2.45, 2.75) is 12.6 Å². The van der Waals surface area contributed by atoms with E-state index in [0.29, 0.717) is 16.7 Å². The Morgan fingerprint density at radius 3 is 2.52 bits per heavy atom. The topological polar surface area (TPSA) is 122 Å². The van der Waals surface area contributed by atoms with Gasteiger partial charge >= 0.3 is 6.03 Å². The lowest BCUT2D eigenvalue weighted by atomic mass is 10.0. The molecule has 3 amide bonds. The van der Waals surface area contributed by atoms with E-state index in [1.54, 1.807) is 37.4 Å². The van der Waals surface area contributed by atoms with Crippen LogP contribution in [0.5, 0.6) is 0 Å². The summed E-state index contributed by atoms with van der Waals surface area (Å²) in [5, 5.41) is 2.64. The van der Waals surface area contributed by atoms with E-state index in [1.165, 1.54) is 0 Å². The van der Waals surface area contributed by atoms with Gasteiger partial charge in [-0.05, 0) is 12.1 Å². The number of para-hydroxylation sites is 1. The molecule has 27 heavy (non-hydrogen) atoms. The number of nitrogens with one attached hydrogen (secondary N) is 3. The first-order valence-corrected chi connectivity index (χ1v) is 8.41. The first-order valence-electron chi connectivity index (χ1n) is 8.41. The predicted octanol–water partition coefficient (Wildman–Crippen LogP) is -0.126. The molecule has 8 heteroatoms. The fraction of sp³-hybridized carbons (Fsp3) is 0.158. The van der Waals surface area contributed by atoms with Crippen molar-refractivity contribution in [2.75, 3.05) is 7.05 Å². The maximum atomic E-state index is 12.5. The largest absolute Gasteiger partial charge is 0.351 e. The van der Waals surface area contributed by atoms with Gasteiger partial charge in [0.05, 0.1) is 18.0 Å². The molecule has 1 aromatic heterocycles. The molecular formula is C19H20N5O3+. The maximum absolute atomic E-state index is 12.5. The van der Waals surface area contributed by atoms with Crippen molar-refractivity contribution in [3.05, 3.63) is 76.3 Å². The number of imide groups is 1. The highest BCUT2D eigenvalue weighted by Gasteiger charge is 2.30. The van der Waals surface area contributed by atoms with E-state index in [0.717, 1.165) is 10.5 Å². The average Bonchev–Trinajstić information content (AvgIpc) is 2.62. The molecule has 5 N–H and O–H groups in total. The van der Waals surface area contributed by atoms with E-state index in [-0.39, 0.29) is 12.1 Å². The molecule has 3 rings (SSSR count). The molecule has 1 heterocycles. The number of rotatable bonds is 5. The number of nitrogens with zero attached hydrogens (tertiary/aromatic N) is 1. The van der Waals surface area contributed by atoms with E-state index in [1.807, 2.05) is 24.3 Å². The molecule has 138 valence electrons. The van der Waals surface area contributed by atoms with Crippen LogP contribution < -0.4 is 21.5 Å². The van der Waals surface area contributed by atoms with Gasteiger partial charge in [0.1, 0.15) is 6.54 Å². The number of hydrogen-bond donors (Lipinski definition) is 4. The first-order chi connectivity index (χ1) is 13.0. The number of fused-ring (bicyclic) bond motifs is 1. The van der Waals surface area contributed by atoms with Crippen LogP contribution in [0.2, 0.25) is 0 Å². The summed E-state index contributed by atoms with van der Waals surface area (Å²) in [6.07, 6.45) is 0. The highest BCUT2D eigenvalue weighted by atomic mass is 16.2.